The number of rotatable bonds is 0. The molecule has 56 valence electrons. The van der Waals surface area contributed by atoms with E-state index in [2.05, 4.69) is 0 Å². The molecular weight excluding hydrogens is 124 g/mol. The molecule has 1 heteroatoms. The van der Waals surface area contributed by atoms with E-state index < -0.39 is 0 Å². The first-order chi connectivity index (χ1) is 4.86. The third-order valence-electron chi connectivity index (χ3n) is 3.10. The first kappa shape index (κ1) is 6.38. The van der Waals surface area contributed by atoms with Crippen LogP contribution in [0, 0.1) is 11.8 Å². The van der Waals surface area contributed by atoms with Crippen LogP contribution in [0.1, 0.15) is 38.5 Å². The number of Topliss-reactive ketones (excluding diaryl/α,β-unsaturated/α-hetero) is 1. The lowest BCUT2D eigenvalue weighted by atomic mass is 9.81. The third-order valence-corrected chi connectivity index (χ3v) is 3.10. The maximum Gasteiger partial charge on any atom is 0.133 e. The van der Waals surface area contributed by atoms with Gasteiger partial charge in [-0.3, -0.25) is 4.79 Å². The molecule has 0 aromatic rings. The fraction of sp³-hybridized carbons (Fsp3) is 0.889. The van der Waals surface area contributed by atoms with Crippen LogP contribution in [0.15, 0.2) is 0 Å². The van der Waals surface area contributed by atoms with Gasteiger partial charge in [-0.2, -0.15) is 0 Å². The van der Waals surface area contributed by atoms with Crippen molar-refractivity contribution in [2.45, 2.75) is 38.5 Å². The van der Waals surface area contributed by atoms with Crippen LogP contribution in [0.3, 0.4) is 0 Å². The number of carbonyl (C=O) groups excluding carboxylic acids is 1. The maximum absolute atomic E-state index is 11.0. The molecule has 0 N–H and O–H groups in total. The van der Waals surface area contributed by atoms with Gasteiger partial charge >= 0.3 is 0 Å². The van der Waals surface area contributed by atoms with Crippen LogP contribution >= 0.6 is 0 Å². The molecular formula is C9H14O. The van der Waals surface area contributed by atoms with Crippen LogP contribution in [0.25, 0.3) is 0 Å². The molecule has 2 aliphatic carbocycles. The molecule has 0 saturated heterocycles. The molecule has 1 nitrogen and oxygen atoms in total. The van der Waals surface area contributed by atoms with Crippen molar-refractivity contribution in [3.05, 3.63) is 0 Å². The van der Waals surface area contributed by atoms with Crippen LogP contribution in [0.2, 0.25) is 0 Å². The van der Waals surface area contributed by atoms with Crippen molar-refractivity contribution in [1.29, 1.82) is 0 Å². The summed E-state index contributed by atoms with van der Waals surface area (Å²) in [6.45, 7) is 0. The summed E-state index contributed by atoms with van der Waals surface area (Å²) in [7, 11) is 0. The van der Waals surface area contributed by atoms with E-state index in [9.17, 15) is 4.79 Å². The first-order valence-corrected chi connectivity index (χ1v) is 4.38. The number of fused-ring (bicyclic) bond motifs is 1. The molecule has 2 atom stereocenters. The fourth-order valence-corrected chi connectivity index (χ4v) is 2.50. The Bertz CT molecular complexity index is 151. The summed E-state index contributed by atoms with van der Waals surface area (Å²) in [4.78, 5) is 11.0. The summed E-state index contributed by atoms with van der Waals surface area (Å²) in [5, 5.41) is 0. The Morgan fingerprint density at radius 2 is 1.90 bits per heavy atom. The van der Waals surface area contributed by atoms with Gasteiger partial charge in [-0.25, -0.2) is 0 Å². The Morgan fingerprint density at radius 3 is 2.80 bits per heavy atom. The zero-order valence-electron chi connectivity index (χ0n) is 6.31. The average molecular weight is 138 g/mol. The van der Waals surface area contributed by atoms with E-state index >= 15 is 0 Å². The highest BCUT2D eigenvalue weighted by molar-refractivity contribution is 5.79. The molecule has 0 aliphatic heterocycles. The molecule has 0 amide bonds. The van der Waals surface area contributed by atoms with Gasteiger partial charge < -0.3 is 0 Å². The number of hydrogen-bond donors (Lipinski definition) is 0. The highest BCUT2D eigenvalue weighted by atomic mass is 16.1. The number of ketones is 1. The lowest BCUT2D eigenvalue weighted by Gasteiger charge is -2.23. The molecule has 2 rings (SSSR count). The Morgan fingerprint density at radius 1 is 1.10 bits per heavy atom. The quantitative estimate of drug-likeness (QED) is 0.501. The molecule has 0 bridgehead atoms. The second-order valence-corrected chi connectivity index (χ2v) is 3.73. The Kier molecular flexibility index (Phi) is 1.51. The SMILES string of the molecule is O=C1CC[C@H]2CCC[C@@H]2C1. The molecule has 2 fully saturated rings. The Hall–Kier alpha value is -0.330. The van der Waals surface area contributed by atoms with Crippen molar-refractivity contribution in [1.82, 2.24) is 0 Å². The van der Waals surface area contributed by atoms with E-state index in [1.54, 1.807) is 0 Å². The van der Waals surface area contributed by atoms with E-state index in [1.165, 1.54) is 25.7 Å². The molecule has 2 aliphatic rings. The molecule has 0 unspecified atom stereocenters. The van der Waals surface area contributed by atoms with Gasteiger partial charge in [-0.1, -0.05) is 12.8 Å². The van der Waals surface area contributed by atoms with Gasteiger partial charge in [0, 0.05) is 12.8 Å². The zero-order valence-corrected chi connectivity index (χ0v) is 6.31. The van der Waals surface area contributed by atoms with E-state index in [-0.39, 0.29) is 0 Å². The minimum Gasteiger partial charge on any atom is -0.300 e. The summed E-state index contributed by atoms with van der Waals surface area (Å²) in [5.41, 5.74) is 0. The standard InChI is InChI=1S/C9H14O/c10-9-5-4-7-2-1-3-8(7)6-9/h7-8H,1-6H2/t7-,8-/m1/s1. The summed E-state index contributed by atoms with van der Waals surface area (Å²) < 4.78 is 0. The minimum absolute atomic E-state index is 0.517. The van der Waals surface area contributed by atoms with E-state index in [1.807, 2.05) is 0 Å². The van der Waals surface area contributed by atoms with Crippen LogP contribution < -0.4 is 0 Å². The predicted molar refractivity (Wildman–Crippen MR) is 39.7 cm³/mol. The maximum atomic E-state index is 11.0. The zero-order chi connectivity index (χ0) is 6.97. The van der Waals surface area contributed by atoms with Gasteiger partial charge in [0.15, 0.2) is 0 Å². The summed E-state index contributed by atoms with van der Waals surface area (Å²) in [6, 6.07) is 0. The second-order valence-electron chi connectivity index (χ2n) is 3.73. The normalized spacial score (nSPS) is 39.8. The van der Waals surface area contributed by atoms with Gasteiger partial charge in [0.05, 0.1) is 0 Å². The molecule has 0 heterocycles. The summed E-state index contributed by atoms with van der Waals surface area (Å²) >= 11 is 0. The fourth-order valence-electron chi connectivity index (χ4n) is 2.50. The molecule has 0 aromatic heterocycles. The smallest absolute Gasteiger partial charge is 0.133 e. The second kappa shape index (κ2) is 2.37. The van der Waals surface area contributed by atoms with Gasteiger partial charge in [0.1, 0.15) is 5.78 Å². The number of carbonyl (C=O) groups is 1. The van der Waals surface area contributed by atoms with E-state index in [0.29, 0.717) is 5.78 Å². The molecule has 0 spiro atoms. The highest BCUT2D eigenvalue weighted by Gasteiger charge is 2.32. The van der Waals surface area contributed by atoms with Crippen LogP contribution in [-0.2, 0) is 4.79 Å². The van der Waals surface area contributed by atoms with Gasteiger partial charge in [-0.05, 0) is 24.7 Å². The topological polar surface area (TPSA) is 17.1 Å². The third kappa shape index (κ3) is 0.979. The molecule has 0 aromatic carbocycles. The van der Waals surface area contributed by atoms with Crippen molar-refractivity contribution in [3.63, 3.8) is 0 Å². The average Bonchev–Trinajstić information content (AvgIpc) is 2.33. The highest BCUT2D eigenvalue weighted by Crippen LogP contribution is 2.40. The summed E-state index contributed by atoms with van der Waals surface area (Å²) in [6.07, 6.45) is 7.09. The van der Waals surface area contributed by atoms with E-state index in [4.69, 9.17) is 0 Å². The Labute approximate surface area is 61.8 Å². The van der Waals surface area contributed by atoms with Gasteiger partial charge in [0.2, 0.25) is 0 Å². The molecule has 2 saturated carbocycles. The van der Waals surface area contributed by atoms with Crippen molar-refractivity contribution in [2.24, 2.45) is 11.8 Å². The van der Waals surface area contributed by atoms with Crippen molar-refractivity contribution in [3.8, 4) is 0 Å². The number of hydrogen-bond acceptors (Lipinski definition) is 1. The lowest BCUT2D eigenvalue weighted by Crippen LogP contribution is -2.19. The van der Waals surface area contributed by atoms with Crippen molar-refractivity contribution < 1.29 is 4.79 Å². The monoisotopic (exact) mass is 138 g/mol. The van der Waals surface area contributed by atoms with Crippen molar-refractivity contribution >= 4 is 5.78 Å². The molecule has 10 heavy (non-hydrogen) atoms. The van der Waals surface area contributed by atoms with Gasteiger partial charge in [-0.15, -0.1) is 0 Å². The van der Waals surface area contributed by atoms with Crippen LogP contribution in [0.5, 0.6) is 0 Å². The largest absolute Gasteiger partial charge is 0.300 e. The summed E-state index contributed by atoms with van der Waals surface area (Å²) in [5.74, 6) is 2.24. The first-order valence-electron chi connectivity index (χ1n) is 4.38. The minimum atomic E-state index is 0.517. The van der Waals surface area contributed by atoms with Crippen molar-refractivity contribution in [2.75, 3.05) is 0 Å². The predicted octanol–water partition coefficient (Wildman–Crippen LogP) is 2.16. The molecule has 0 radical (unpaired) electrons. The van der Waals surface area contributed by atoms with Gasteiger partial charge in [0.25, 0.3) is 0 Å². The van der Waals surface area contributed by atoms with E-state index in [0.717, 1.165) is 24.7 Å². The van der Waals surface area contributed by atoms with Crippen LogP contribution in [-0.4, -0.2) is 5.78 Å². The van der Waals surface area contributed by atoms with Crippen LogP contribution in [0.4, 0.5) is 0 Å². The Balaban J connectivity index is 2.03. The lowest BCUT2D eigenvalue weighted by molar-refractivity contribution is -0.122.